The number of methoxy groups -OCH3 is 2. The lowest BCUT2D eigenvalue weighted by Crippen LogP contribution is -1.99. The van der Waals surface area contributed by atoms with Crippen molar-refractivity contribution in [2.75, 3.05) is 14.2 Å². The van der Waals surface area contributed by atoms with Gasteiger partial charge in [-0.1, -0.05) is 35.9 Å². The van der Waals surface area contributed by atoms with Crippen molar-refractivity contribution >= 4 is 27.8 Å². The monoisotopic (exact) mass is 360 g/mol. The molecular formula is C18H17BrO3. The fraction of sp³-hybridized carbons (Fsp3) is 0.167. The average molecular weight is 361 g/mol. The minimum Gasteiger partial charge on any atom is -0.493 e. The molecule has 0 aromatic heterocycles. The summed E-state index contributed by atoms with van der Waals surface area (Å²) in [6, 6.07) is 11.4. The summed E-state index contributed by atoms with van der Waals surface area (Å²) >= 11 is 3.40. The highest BCUT2D eigenvalue weighted by atomic mass is 79.9. The number of carbonyl (C=O) groups excluding carboxylic acids is 1. The number of allylic oxidation sites excluding steroid dienone is 1. The van der Waals surface area contributed by atoms with Crippen molar-refractivity contribution in [2.24, 2.45) is 0 Å². The third kappa shape index (κ3) is 3.77. The minimum absolute atomic E-state index is 0.103. The van der Waals surface area contributed by atoms with Gasteiger partial charge >= 0.3 is 0 Å². The lowest BCUT2D eigenvalue weighted by molar-refractivity contribution is 0.104. The number of aryl methyl sites for hydroxylation is 1. The van der Waals surface area contributed by atoms with Gasteiger partial charge in [-0.05, 0) is 46.6 Å². The highest BCUT2D eigenvalue weighted by molar-refractivity contribution is 9.10. The van der Waals surface area contributed by atoms with Crippen LogP contribution in [-0.4, -0.2) is 20.0 Å². The summed E-state index contributed by atoms with van der Waals surface area (Å²) in [5.41, 5.74) is 2.70. The van der Waals surface area contributed by atoms with E-state index in [2.05, 4.69) is 15.9 Å². The van der Waals surface area contributed by atoms with Gasteiger partial charge in [-0.25, -0.2) is 0 Å². The molecule has 0 heterocycles. The summed E-state index contributed by atoms with van der Waals surface area (Å²) < 4.78 is 11.1. The number of hydrogen-bond donors (Lipinski definition) is 0. The molecule has 114 valence electrons. The van der Waals surface area contributed by atoms with Crippen LogP contribution in [0.4, 0.5) is 0 Å². The molecule has 0 atom stereocenters. The van der Waals surface area contributed by atoms with Crippen LogP contribution in [0, 0.1) is 6.92 Å². The van der Waals surface area contributed by atoms with Gasteiger partial charge in [0.05, 0.1) is 14.2 Å². The Morgan fingerprint density at radius 1 is 1.05 bits per heavy atom. The first kappa shape index (κ1) is 16.3. The standard InChI is InChI=1S/C18H17BrO3/c1-12-4-6-13(7-5-12)8-9-16(20)14-10-17(21-2)18(22-3)11-15(14)19/h4-11H,1-3H3/b9-8+. The molecule has 0 N–H and O–H groups in total. The van der Waals surface area contributed by atoms with Crippen molar-refractivity contribution in [3.05, 3.63) is 63.6 Å². The van der Waals surface area contributed by atoms with E-state index in [-0.39, 0.29) is 5.78 Å². The highest BCUT2D eigenvalue weighted by Gasteiger charge is 2.13. The zero-order valence-corrected chi connectivity index (χ0v) is 14.3. The molecule has 22 heavy (non-hydrogen) atoms. The molecule has 0 spiro atoms. The van der Waals surface area contributed by atoms with Gasteiger partial charge in [0.15, 0.2) is 17.3 Å². The van der Waals surface area contributed by atoms with Crippen molar-refractivity contribution in [3.63, 3.8) is 0 Å². The predicted molar refractivity (Wildman–Crippen MR) is 91.8 cm³/mol. The van der Waals surface area contributed by atoms with Gasteiger partial charge in [0.1, 0.15) is 0 Å². The summed E-state index contributed by atoms with van der Waals surface area (Å²) in [5, 5.41) is 0. The van der Waals surface area contributed by atoms with Crippen LogP contribution in [0.5, 0.6) is 11.5 Å². The van der Waals surface area contributed by atoms with Gasteiger partial charge in [-0.2, -0.15) is 0 Å². The molecule has 2 aromatic carbocycles. The number of benzene rings is 2. The fourth-order valence-corrected chi connectivity index (χ4v) is 2.50. The second kappa shape index (κ2) is 7.27. The van der Waals surface area contributed by atoms with Crippen molar-refractivity contribution in [2.45, 2.75) is 6.92 Å². The summed E-state index contributed by atoms with van der Waals surface area (Å²) in [6.07, 6.45) is 3.35. The Labute approximate surface area is 138 Å². The van der Waals surface area contributed by atoms with Gasteiger partial charge in [-0.3, -0.25) is 4.79 Å². The molecule has 0 aliphatic carbocycles. The molecule has 0 saturated heterocycles. The van der Waals surface area contributed by atoms with E-state index in [1.165, 1.54) is 5.56 Å². The van der Waals surface area contributed by atoms with E-state index in [0.717, 1.165) is 5.56 Å². The minimum atomic E-state index is -0.103. The van der Waals surface area contributed by atoms with Crippen LogP contribution < -0.4 is 9.47 Å². The first-order valence-electron chi connectivity index (χ1n) is 6.75. The smallest absolute Gasteiger partial charge is 0.187 e. The molecule has 0 aliphatic rings. The number of ether oxygens (including phenoxy) is 2. The molecule has 2 rings (SSSR count). The topological polar surface area (TPSA) is 35.5 Å². The molecular weight excluding hydrogens is 344 g/mol. The van der Waals surface area contributed by atoms with Gasteiger partial charge in [0.2, 0.25) is 0 Å². The van der Waals surface area contributed by atoms with Crippen LogP contribution in [0.3, 0.4) is 0 Å². The average Bonchev–Trinajstić information content (AvgIpc) is 2.53. The van der Waals surface area contributed by atoms with Crippen molar-refractivity contribution in [1.82, 2.24) is 0 Å². The third-order valence-corrected chi connectivity index (χ3v) is 3.90. The molecule has 2 aromatic rings. The highest BCUT2D eigenvalue weighted by Crippen LogP contribution is 2.33. The quantitative estimate of drug-likeness (QED) is 0.574. The van der Waals surface area contributed by atoms with E-state index in [1.807, 2.05) is 31.2 Å². The zero-order chi connectivity index (χ0) is 16.1. The van der Waals surface area contributed by atoms with Gasteiger partial charge in [0.25, 0.3) is 0 Å². The Morgan fingerprint density at radius 2 is 1.64 bits per heavy atom. The molecule has 0 unspecified atom stereocenters. The molecule has 0 aliphatic heterocycles. The number of ketones is 1. The number of carbonyl (C=O) groups is 1. The van der Waals surface area contributed by atoms with E-state index in [4.69, 9.17) is 9.47 Å². The second-order valence-corrected chi connectivity index (χ2v) is 5.65. The third-order valence-electron chi connectivity index (χ3n) is 3.24. The maximum absolute atomic E-state index is 12.4. The Balaban J connectivity index is 2.27. The van der Waals surface area contributed by atoms with Crippen LogP contribution in [0.15, 0.2) is 46.9 Å². The number of halogens is 1. The largest absolute Gasteiger partial charge is 0.493 e. The number of rotatable bonds is 5. The summed E-state index contributed by atoms with van der Waals surface area (Å²) in [5.74, 6) is 1.000. The van der Waals surface area contributed by atoms with Crippen LogP contribution in [0.25, 0.3) is 6.08 Å². The van der Waals surface area contributed by atoms with E-state index in [1.54, 1.807) is 38.5 Å². The maximum atomic E-state index is 12.4. The Morgan fingerprint density at radius 3 is 2.23 bits per heavy atom. The van der Waals surface area contributed by atoms with E-state index < -0.39 is 0 Å². The molecule has 0 fully saturated rings. The van der Waals surface area contributed by atoms with Crippen LogP contribution in [-0.2, 0) is 0 Å². The first-order chi connectivity index (χ1) is 10.5. The first-order valence-corrected chi connectivity index (χ1v) is 7.55. The van der Waals surface area contributed by atoms with Crippen molar-refractivity contribution in [3.8, 4) is 11.5 Å². The number of hydrogen-bond acceptors (Lipinski definition) is 3. The summed E-state index contributed by atoms with van der Waals surface area (Å²) in [7, 11) is 3.10. The van der Waals surface area contributed by atoms with E-state index >= 15 is 0 Å². The van der Waals surface area contributed by atoms with E-state index in [9.17, 15) is 4.79 Å². The SMILES string of the molecule is COc1cc(Br)c(C(=O)/C=C/c2ccc(C)cc2)cc1OC. The molecule has 4 heteroatoms. The molecule has 0 saturated carbocycles. The summed E-state index contributed by atoms with van der Waals surface area (Å²) in [4.78, 5) is 12.4. The second-order valence-electron chi connectivity index (χ2n) is 4.80. The normalized spacial score (nSPS) is 10.7. The van der Waals surface area contributed by atoms with E-state index in [0.29, 0.717) is 21.5 Å². The van der Waals surface area contributed by atoms with Gasteiger partial charge in [-0.15, -0.1) is 0 Å². The predicted octanol–water partition coefficient (Wildman–Crippen LogP) is 4.67. The van der Waals surface area contributed by atoms with Crippen LogP contribution in [0.2, 0.25) is 0 Å². The molecule has 0 bridgehead atoms. The maximum Gasteiger partial charge on any atom is 0.187 e. The van der Waals surface area contributed by atoms with Crippen LogP contribution >= 0.6 is 15.9 Å². The fourth-order valence-electron chi connectivity index (χ4n) is 1.98. The van der Waals surface area contributed by atoms with Crippen molar-refractivity contribution < 1.29 is 14.3 Å². The van der Waals surface area contributed by atoms with Crippen molar-refractivity contribution in [1.29, 1.82) is 0 Å². The summed E-state index contributed by atoms with van der Waals surface area (Å²) in [6.45, 7) is 2.03. The van der Waals surface area contributed by atoms with Gasteiger partial charge in [0, 0.05) is 10.0 Å². The molecule has 0 radical (unpaired) electrons. The zero-order valence-electron chi connectivity index (χ0n) is 12.7. The Hall–Kier alpha value is -2.07. The molecule has 0 amide bonds. The Kier molecular flexibility index (Phi) is 5.39. The molecule has 3 nitrogen and oxygen atoms in total. The lowest BCUT2D eigenvalue weighted by Gasteiger charge is -2.10. The Bertz CT molecular complexity index is 703. The van der Waals surface area contributed by atoms with Gasteiger partial charge < -0.3 is 9.47 Å². The van der Waals surface area contributed by atoms with Crippen LogP contribution in [0.1, 0.15) is 21.5 Å². The lowest BCUT2D eigenvalue weighted by atomic mass is 10.1.